The lowest BCUT2D eigenvalue weighted by Crippen LogP contribution is -2.40. The maximum atomic E-state index is 12.3. The Labute approximate surface area is 137 Å². The third-order valence-corrected chi connectivity index (χ3v) is 4.40. The summed E-state index contributed by atoms with van der Waals surface area (Å²) in [5.41, 5.74) is 2.02. The SMILES string of the molecule is CC1CCCN(C(=O)NCc2cnn(-c3ccccc3)c2)CC1. The van der Waals surface area contributed by atoms with Gasteiger partial charge in [-0.1, -0.05) is 25.1 Å². The van der Waals surface area contributed by atoms with Gasteiger partial charge in [0.2, 0.25) is 0 Å². The smallest absolute Gasteiger partial charge is 0.317 e. The van der Waals surface area contributed by atoms with E-state index in [2.05, 4.69) is 17.3 Å². The first-order chi connectivity index (χ1) is 11.2. The molecule has 1 fully saturated rings. The molecule has 122 valence electrons. The lowest BCUT2D eigenvalue weighted by Gasteiger charge is -2.20. The Hall–Kier alpha value is -2.30. The summed E-state index contributed by atoms with van der Waals surface area (Å²) in [6, 6.07) is 10.0. The van der Waals surface area contributed by atoms with Gasteiger partial charge >= 0.3 is 6.03 Å². The molecule has 5 nitrogen and oxygen atoms in total. The molecule has 1 aromatic heterocycles. The number of carbonyl (C=O) groups excluding carboxylic acids is 1. The van der Waals surface area contributed by atoms with Crippen LogP contribution in [0.1, 0.15) is 31.7 Å². The van der Waals surface area contributed by atoms with E-state index in [0.717, 1.165) is 43.1 Å². The Bertz CT molecular complexity index is 637. The standard InChI is InChI=1S/C18H24N4O/c1-15-6-5-10-21(11-9-15)18(23)19-12-16-13-20-22(14-16)17-7-3-2-4-8-17/h2-4,7-8,13-15H,5-6,9-12H2,1H3,(H,19,23). The number of nitrogens with zero attached hydrogens (tertiary/aromatic N) is 3. The second-order valence-electron chi connectivity index (χ2n) is 6.31. The van der Waals surface area contributed by atoms with Crippen molar-refractivity contribution in [2.45, 2.75) is 32.7 Å². The monoisotopic (exact) mass is 312 g/mol. The zero-order valence-corrected chi connectivity index (χ0v) is 13.6. The topological polar surface area (TPSA) is 50.2 Å². The quantitative estimate of drug-likeness (QED) is 0.946. The molecule has 5 heteroatoms. The van der Waals surface area contributed by atoms with Gasteiger partial charge in [-0.05, 0) is 37.3 Å². The van der Waals surface area contributed by atoms with Crippen LogP contribution in [-0.2, 0) is 6.54 Å². The summed E-state index contributed by atoms with van der Waals surface area (Å²) in [5.74, 6) is 0.719. The molecule has 3 rings (SSSR count). The van der Waals surface area contributed by atoms with Crippen molar-refractivity contribution >= 4 is 6.03 Å². The van der Waals surface area contributed by atoms with Gasteiger partial charge in [-0.3, -0.25) is 0 Å². The number of rotatable bonds is 3. The van der Waals surface area contributed by atoms with Crippen molar-refractivity contribution in [1.82, 2.24) is 20.0 Å². The van der Waals surface area contributed by atoms with Gasteiger partial charge < -0.3 is 10.2 Å². The average Bonchev–Trinajstić information content (AvgIpc) is 2.95. The molecule has 2 amide bonds. The van der Waals surface area contributed by atoms with Crippen LogP contribution in [0.4, 0.5) is 4.79 Å². The lowest BCUT2D eigenvalue weighted by atomic mass is 10.0. The Morgan fingerprint density at radius 3 is 2.91 bits per heavy atom. The number of aromatic nitrogens is 2. The van der Waals surface area contributed by atoms with Crippen LogP contribution >= 0.6 is 0 Å². The highest BCUT2D eigenvalue weighted by Gasteiger charge is 2.18. The molecule has 2 aromatic rings. The molecule has 1 aliphatic rings. The number of benzene rings is 1. The molecule has 1 N–H and O–H groups in total. The van der Waals surface area contributed by atoms with Crippen molar-refractivity contribution in [3.05, 3.63) is 48.3 Å². The van der Waals surface area contributed by atoms with Crippen molar-refractivity contribution in [2.75, 3.05) is 13.1 Å². The van der Waals surface area contributed by atoms with Gasteiger partial charge in [-0.2, -0.15) is 5.10 Å². The van der Waals surface area contributed by atoms with Crippen LogP contribution in [0.5, 0.6) is 0 Å². The summed E-state index contributed by atoms with van der Waals surface area (Å²) in [6.07, 6.45) is 7.17. The van der Waals surface area contributed by atoms with E-state index in [1.807, 2.05) is 46.1 Å². The van der Waals surface area contributed by atoms with Crippen molar-refractivity contribution in [1.29, 1.82) is 0 Å². The molecule has 0 spiro atoms. The number of hydrogen-bond donors (Lipinski definition) is 1. The van der Waals surface area contributed by atoms with Gasteiger partial charge in [0.15, 0.2) is 0 Å². The first-order valence-corrected chi connectivity index (χ1v) is 8.34. The Kier molecular flexibility index (Phi) is 4.95. The maximum absolute atomic E-state index is 12.3. The molecule has 1 aliphatic heterocycles. The van der Waals surface area contributed by atoms with Gasteiger partial charge in [0.1, 0.15) is 0 Å². The van der Waals surface area contributed by atoms with Gasteiger partial charge in [-0.25, -0.2) is 9.48 Å². The molecule has 0 radical (unpaired) electrons. The number of likely N-dealkylation sites (tertiary alicyclic amines) is 1. The largest absolute Gasteiger partial charge is 0.334 e. The predicted molar refractivity (Wildman–Crippen MR) is 90.4 cm³/mol. The number of urea groups is 1. The van der Waals surface area contributed by atoms with Crippen LogP contribution in [-0.4, -0.2) is 33.8 Å². The second-order valence-corrected chi connectivity index (χ2v) is 6.31. The number of carbonyl (C=O) groups is 1. The van der Waals surface area contributed by atoms with E-state index in [-0.39, 0.29) is 6.03 Å². The number of amides is 2. The first kappa shape index (κ1) is 15.6. The van der Waals surface area contributed by atoms with E-state index < -0.39 is 0 Å². The molecular formula is C18H24N4O. The summed E-state index contributed by atoms with van der Waals surface area (Å²) in [6.45, 7) is 4.49. The molecule has 0 bridgehead atoms. The molecule has 1 atom stereocenters. The highest BCUT2D eigenvalue weighted by molar-refractivity contribution is 5.74. The minimum atomic E-state index is 0.0339. The molecule has 1 aromatic carbocycles. The van der Waals surface area contributed by atoms with Gasteiger partial charge in [0.05, 0.1) is 11.9 Å². The van der Waals surface area contributed by atoms with Gasteiger partial charge in [0, 0.05) is 31.4 Å². The van der Waals surface area contributed by atoms with E-state index in [9.17, 15) is 4.79 Å². The Balaban J connectivity index is 1.54. The van der Waals surface area contributed by atoms with E-state index in [1.165, 1.54) is 6.42 Å². The van der Waals surface area contributed by atoms with E-state index in [4.69, 9.17) is 0 Å². The molecular weight excluding hydrogens is 288 g/mol. The average molecular weight is 312 g/mol. The van der Waals surface area contributed by atoms with E-state index in [1.54, 1.807) is 6.20 Å². The molecule has 23 heavy (non-hydrogen) atoms. The molecule has 2 heterocycles. The van der Waals surface area contributed by atoms with Gasteiger partial charge in [-0.15, -0.1) is 0 Å². The van der Waals surface area contributed by atoms with Gasteiger partial charge in [0.25, 0.3) is 0 Å². The molecule has 0 saturated carbocycles. The van der Waals surface area contributed by atoms with Crippen LogP contribution in [0.25, 0.3) is 5.69 Å². The van der Waals surface area contributed by atoms with Crippen molar-refractivity contribution in [2.24, 2.45) is 5.92 Å². The van der Waals surface area contributed by atoms with Crippen LogP contribution < -0.4 is 5.32 Å². The predicted octanol–water partition coefficient (Wildman–Crippen LogP) is 3.20. The van der Waals surface area contributed by atoms with E-state index >= 15 is 0 Å². The summed E-state index contributed by atoms with van der Waals surface area (Å²) < 4.78 is 1.83. The third-order valence-electron chi connectivity index (χ3n) is 4.40. The van der Waals surface area contributed by atoms with Crippen molar-refractivity contribution in [3.8, 4) is 5.69 Å². The van der Waals surface area contributed by atoms with E-state index in [0.29, 0.717) is 6.54 Å². The summed E-state index contributed by atoms with van der Waals surface area (Å²) in [5, 5.41) is 7.36. The summed E-state index contributed by atoms with van der Waals surface area (Å²) in [4.78, 5) is 14.2. The van der Waals surface area contributed by atoms with Crippen molar-refractivity contribution in [3.63, 3.8) is 0 Å². The number of nitrogens with one attached hydrogen (secondary N) is 1. The molecule has 0 aliphatic carbocycles. The number of hydrogen-bond acceptors (Lipinski definition) is 2. The van der Waals surface area contributed by atoms with Crippen LogP contribution in [0.2, 0.25) is 0 Å². The molecule has 1 saturated heterocycles. The van der Waals surface area contributed by atoms with Crippen molar-refractivity contribution < 1.29 is 4.79 Å². The second kappa shape index (κ2) is 7.31. The lowest BCUT2D eigenvalue weighted by molar-refractivity contribution is 0.199. The Morgan fingerprint density at radius 2 is 2.09 bits per heavy atom. The highest BCUT2D eigenvalue weighted by Crippen LogP contribution is 2.16. The fourth-order valence-electron chi connectivity index (χ4n) is 2.93. The minimum absolute atomic E-state index is 0.0339. The van der Waals surface area contributed by atoms with Crippen LogP contribution in [0.15, 0.2) is 42.7 Å². The van der Waals surface area contributed by atoms with Crippen LogP contribution in [0.3, 0.4) is 0 Å². The summed E-state index contributed by atoms with van der Waals surface area (Å²) >= 11 is 0. The normalized spacial score (nSPS) is 18.5. The zero-order chi connectivity index (χ0) is 16.1. The highest BCUT2D eigenvalue weighted by atomic mass is 16.2. The third kappa shape index (κ3) is 4.12. The first-order valence-electron chi connectivity index (χ1n) is 8.34. The fraction of sp³-hybridized carbons (Fsp3) is 0.444. The Morgan fingerprint density at radius 1 is 1.26 bits per heavy atom. The zero-order valence-electron chi connectivity index (χ0n) is 13.6. The maximum Gasteiger partial charge on any atom is 0.317 e. The minimum Gasteiger partial charge on any atom is -0.334 e. The summed E-state index contributed by atoms with van der Waals surface area (Å²) in [7, 11) is 0. The molecule has 1 unspecified atom stereocenters. The van der Waals surface area contributed by atoms with Crippen LogP contribution in [0, 0.1) is 5.92 Å². The number of para-hydroxylation sites is 1. The fourth-order valence-corrected chi connectivity index (χ4v) is 2.93.